The second-order valence-corrected chi connectivity index (χ2v) is 18.0. The van der Waals surface area contributed by atoms with E-state index in [4.69, 9.17) is 0 Å². The van der Waals surface area contributed by atoms with Crippen molar-refractivity contribution in [1.29, 1.82) is 0 Å². The van der Waals surface area contributed by atoms with Crippen molar-refractivity contribution < 1.29 is 17.4 Å². The first-order valence-corrected chi connectivity index (χ1v) is 23.5. The molecule has 0 aliphatic rings. The number of rotatable bonds is 27. The summed E-state index contributed by atoms with van der Waals surface area (Å²) in [6.07, 6.45) is 27.5. The molecule has 1 heteroatoms. The molecule has 315 valence electrons. The van der Waals surface area contributed by atoms with E-state index < -0.39 is 0 Å². The fourth-order valence-corrected chi connectivity index (χ4v) is 9.61. The molecule has 52 heavy (non-hydrogen) atoms. The van der Waals surface area contributed by atoms with E-state index in [1.165, 1.54) is 135 Å². The van der Waals surface area contributed by atoms with Crippen LogP contribution in [0.2, 0.25) is 0 Å². The van der Waals surface area contributed by atoms with Crippen molar-refractivity contribution in [2.24, 2.45) is 32.5 Å². The zero-order valence-electron chi connectivity index (χ0n) is 40.8. The molecule has 0 aromatic rings. The summed E-state index contributed by atoms with van der Waals surface area (Å²) in [5.74, 6) is 5.49. The standard InChI is InChI=1S/3C17H35.Cr/c3*1-8-15(14-16(7,9-2)10-3)17(11-4,12-5)13-6;/h3*8-14H2,1-7H3;/q3*-1;+3. The second-order valence-electron chi connectivity index (χ2n) is 18.0. The molecule has 0 N–H and O–H groups in total. The molecule has 0 fully saturated rings. The predicted molar refractivity (Wildman–Crippen MR) is 240 cm³/mol. The van der Waals surface area contributed by atoms with E-state index >= 15 is 0 Å². The van der Waals surface area contributed by atoms with Gasteiger partial charge in [-0.25, -0.2) is 0 Å². The van der Waals surface area contributed by atoms with Crippen LogP contribution in [0.25, 0.3) is 0 Å². The zero-order chi connectivity index (χ0) is 40.6. The summed E-state index contributed by atoms with van der Waals surface area (Å²) in [4.78, 5) is 0. The van der Waals surface area contributed by atoms with Gasteiger partial charge in [0.15, 0.2) is 0 Å². The van der Waals surface area contributed by atoms with Crippen molar-refractivity contribution in [2.75, 3.05) is 0 Å². The van der Waals surface area contributed by atoms with Crippen LogP contribution in [0.15, 0.2) is 0 Å². The zero-order valence-corrected chi connectivity index (χ0v) is 42.0. The van der Waals surface area contributed by atoms with Crippen molar-refractivity contribution in [3.63, 3.8) is 0 Å². The maximum absolute atomic E-state index is 2.47. The topological polar surface area (TPSA) is 0 Å². The van der Waals surface area contributed by atoms with Crippen molar-refractivity contribution in [2.45, 2.75) is 280 Å². The molecule has 0 rings (SSSR count). The minimum atomic E-state index is 0. The normalized spacial score (nSPS) is 13.2. The molecule has 0 aromatic heterocycles. The first-order valence-electron chi connectivity index (χ1n) is 23.5. The molecule has 0 unspecified atom stereocenters. The largest absolute Gasteiger partial charge is 3.00 e. The molecule has 0 saturated carbocycles. The SMILES string of the molecule is CC[C-](CC(C)(CC)CC)C(CC)(CC)CC.CC[C-](CC(C)(CC)CC)C(CC)(CC)CC.CC[C-](CC(C)(CC)CC)C(CC)(CC)CC.[Cr+3]. The first kappa shape index (κ1) is 59.2. The van der Waals surface area contributed by atoms with E-state index in [2.05, 4.69) is 145 Å². The summed E-state index contributed by atoms with van der Waals surface area (Å²) < 4.78 is 0. The fraction of sp³-hybridized carbons (Fsp3) is 0.941. The van der Waals surface area contributed by atoms with Gasteiger partial charge in [-0.15, -0.1) is 0 Å². The van der Waals surface area contributed by atoms with Crippen LogP contribution in [0, 0.1) is 50.2 Å². The van der Waals surface area contributed by atoms with E-state index in [-0.39, 0.29) is 17.4 Å². The molecule has 0 aliphatic carbocycles. The molecule has 0 amide bonds. The van der Waals surface area contributed by atoms with Gasteiger partial charge in [-0.1, -0.05) is 258 Å². The Balaban J connectivity index is -0.000000329. The van der Waals surface area contributed by atoms with Crippen LogP contribution in [0.4, 0.5) is 0 Å². The van der Waals surface area contributed by atoms with Crippen LogP contribution in [0.5, 0.6) is 0 Å². The average molecular weight is 770 g/mol. The van der Waals surface area contributed by atoms with Crippen LogP contribution in [0.3, 0.4) is 0 Å². The van der Waals surface area contributed by atoms with Gasteiger partial charge in [-0.3, -0.25) is 0 Å². The van der Waals surface area contributed by atoms with Gasteiger partial charge in [-0.05, 0) is 0 Å². The Labute approximate surface area is 346 Å². The fourth-order valence-electron chi connectivity index (χ4n) is 9.61. The van der Waals surface area contributed by atoms with Gasteiger partial charge < -0.3 is 17.8 Å². The molecule has 0 heterocycles. The van der Waals surface area contributed by atoms with E-state index in [9.17, 15) is 0 Å². The van der Waals surface area contributed by atoms with Crippen LogP contribution < -0.4 is 0 Å². The van der Waals surface area contributed by atoms with E-state index in [0.29, 0.717) is 32.5 Å². The van der Waals surface area contributed by atoms with Gasteiger partial charge in [-0.2, -0.15) is 54.8 Å². The summed E-state index contributed by atoms with van der Waals surface area (Å²) in [6.45, 7) is 49.9. The molecule has 0 atom stereocenters. The molecule has 0 bridgehead atoms. The summed E-state index contributed by atoms with van der Waals surface area (Å²) in [6, 6.07) is 0. The minimum Gasteiger partial charge on any atom is -0.307 e. The molecule has 1 radical (unpaired) electrons. The number of hydrogen-bond donors (Lipinski definition) is 0. The van der Waals surface area contributed by atoms with Crippen molar-refractivity contribution in [1.82, 2.24) is 0 Å². The summed E-state index contributed by atoms with van der Waals surface area (Å²) in [7, 11) is 0. The Morgan fingerprint density at radius 1 is 0.250 bits per heavy atom. The van der Waals surface area contributed by atoms with Gasteiger partial charge in [0.2, 0.25) is 0 Å². The summed E-state index contributed by atoms with van der Waals surface area (Å²) >= 11 is 0. The van der Waals surface area contributed by atoms with E-state index in [1.807, 2.05) is 17.8 Å². The minimum absolute atomic E-state index is 0. The quantitative estimate of drug-likeness (QED) is 0.0730. The molecule has 0 nitrogen and oxygen atoms in total. The Morgan fingerprint density at radius 3 is 0.462 bits per heavy atom. The predicted octanol–water partition coefficient (Wildman–Crippen LogP) is 19.2. The van der Waals surface area contributed by atoms with E-state index in [1.54, 1.807) is 0 Å². The molecular weight excluding hydrogens is 665 g/mol. The third kappa shape index (κ3) is 17.4. The van der Waals surface area contributed by atoms with Gasteiger partial charge >= 0.3 is 17.4 Å². The van der Waals surface area contributed by atoms with Crippen molar-refractivity contribution >= 4 is 0 Å². The van der Waals surface area contributed by atoms with Crippen LogP contribution >= 0.6 is 0 Å². The first-order chi connectivity index (χ1) is 23.9. The Kier molecular flexibility index (Phi) is 33.9. The van der Waals surface area contributed by atoms with Gasteiger partial charge in [0.1, 0.15) is 0 Å². The maximum atomic E-state index is 2.47. The smallest absolute Gasteiger partial charge is 0.307 e. The third-order valence-electron chi connectivity index (χ3n) is 16.7. The summed E-state index contributed by atoms with van der Waals surface area (Å²) in [5.41, 5.74) is 3.11. The Bertz CT molecular complexity index is 640. The van der Waals surface area contributed by atoms with E-state index in [0.717, 1.165) is 0 Å². The molecule has 0 aliphatic heterocycles. The Morgan fingerprint density at radius 2 is 0.385 bits per heavy atom. The van der Waals surface area contributed by atoms with Crippen LogP contribution in [0.1, 0.15) is 280 Å². The molecular formula is C51H105Cr. The van der Waals surface area contributed by atoms with Crippen LogP contribution in [-0.2, 0) is 17.4 Å². The average Bonchev–Trinajstić information content (AvgIpc) is 3.19. The van der Waals surface area contributed by atoms with Gasteiger partial charge in [0, 0.05) is 0 Å². The molecule has 0 aromatic carbocycles. The number of hydrogen-bond acceptors (Lipinski definition) is 0. The third-order valence-corrected chi connectivity index (χ3v) is 16.7. The van der Waals surface area contributed by atoms with Crippen molar-refractivity contribution in [3.8, 4) is 0 Å². The summed E-state index contributed by atoms with van der Waals surface area (Å²) in [5, 5.41) is 0. The molecule has 0 spiro atoms. The van der Waals surface area contributed by atoms with Gasteiger partial charge in [0.25, 0.3) is 0 Å². The van der Waals surface area contributed by atoms with Gasteiger partial charge in [0.05, 0.1) is 0 Å². The van der Waals surface area contributed by atoms with Crippen LogP contribution in [-0.4, -0.2) is 0 Å². The maximum Gasteiger partial charge on any atom is 3.00 e. The monoisotopic (exact) mass is 770 g/mol. The Hall–Kier alpha value is 0.532. The second kappa shape index (κ2) is 29.7. The molecule has 0 saturated heterocycles. The van der Waals surface area contributed by atoms with Crippen molar-refractivity contribution in [3.05, 3.63) is 17.8 Å².